The first-order valence-electron chi connectivity index (χ1n) is 6.21. The van der Waals surface area contributed by atoms with Crippen molar-refractivity contribution in [1.29, 1.82) is 0 Å². The quantitative estimate of drug-likeness (QED) is 0.867. The van der Waals surface area contributed by atoms with Crippen LogP contribution in [-0.4, -0.2) is 23.3 Å². The third-order valence-corrected chi connectivity index (χ3v) is 2.59. The molecule has 0 radical (unpaired) electrons. The van der Waals surface area contributed by atoms with Crippen LogP contribution in [0.2, 0.25) is 0 Å². The van der Waals surface area contributed by atoms with Gasteiger partial charge in [-0.05, 0) is 30.3 Å². The topological polar surface area (TPSA) is 42.4 Å². The van der Waals surface area contributed by atoms with E-state index in [9.17, 15) is 4.39 Å². The monoisotopic (exact) mass is 271 g/mol. The highest BCUT2D eigenvalue weighted by Gasteiger charge is 2.04. The molecule has 0 fully saturated rings. The minimum absolute atomic E-state index is 0.274. The van der Waals surface area contributed by atoms with Crippen molar-refractivity contribution < 1.29 is 14.2 Å². The Bertz CT molecular complexity index is 617. The van der Waals surface area contributed by atoms with Crippen LogP contribution in [0.25, 0.3) is 0 Å². The van der Waals surface area contributed by atoms with E-state index in [-0.39, 0.29) is 12.4 Å². The van der Waals surface area contributed by atoms with Gasteiger partial charge < -0.3 is 9.84 Å². The lowest BCUT2D eigenvalue weighted by molar-refractivity contribution is 0.319. The highest BCUT2D eigenvalue weighted by Crippen LogP contribution is 2.19. The van der Waals surface area contributed by atoms with Crippen molar-refractivity contribution in [3.63, 3.8) is 0 Å². The van der Waals surface area contributed by atoms with Crippen molar-refractivity contribution in [3.8, 4) is 17.6 Å². The Morgan fingerprint density at radius 3 is 2.90 bits per heavy atom. The first-order valence-corrected chi connectivity index (χ1v) is 6.21. The summed E-state index contributed by atoms with van der Waals surface area (Å²) in [6.45, 7) is 0.153. The fourth-order valence-corrected chi connectivity index (χ4v) is 1.67. The van der Waals surface area contributed by atoms with Crippen LogP contribution in [0, 0.1) is 17.7 Å². The smallest absolute Gasteiger partial charge is 0.135 e. The number of halogens is 1. The SMILES string of the molecule is OCC#Cc1cc(F)ccc1OCCc1ccccn1. The van der Waals surface area contributed by atoms with Crippen LogP contribution in [0.4, 0.5) is 4.39 Å². The average molecular weight is 271 g/mol. The summed E-state index contributed by atoms with van der Waals surface area (Å²) in [5, 5.41) is 8.70. The van der Waals surface area contributed by atoms with Crippen LogP contribution in [0.3, 0.4) is 0 Å². The Kier molecular flexibility index (Phi) is 5.10. The lowest BCUT2D eigenvalue weighted by atomic mass is 10.2. The Hall–Kier alpha value is -2.38. The summed E-state index contributed by atoms with van der Waals surface area (Å²) in [5.74, 6) is 5.28. The lowest BCUT2D eigenvalue weighted by Crippen LogP contribution is -2.04. The number of hydrogen-bond acceptors (Lipinski definition) is 3. The minimum atomic E-state index is -0.385. The molecule has 1 aromatic carbocycles. The van der Waals surface area contributed by atoms with Gasteiger partial charge in [0.1, 0.15) is 18.2 Å². The molecule has 4 heteroatoms. The number of hydrogen-bond donors (Lipinski definition) is 1. The molecular weight excluding hydrogens is 257 g/mol. The maximum Gasteiger partial charge on any atom is 0.135 e. The summed E-state index contributed by atoms with van der Waals surface area (Å²) in [5.41, 5.74) is 1.36. The van der Waals surface area contributed by atoms with E-state index >= 15 is 0 Å². The summed E-state index contributed by atoms with van der Waals surface area (Å²) >= 11 is 0. The summed E-state index contributed by atoms with van der Waals surface area (Å²) < 4.78 is 18.8. The molecule has 0 saturated carbocycles. The van der Waals surface area contributed by atoms with E-state index in [1.165, 1.54) is 18.2 Å². The van der Waals surface area contributed by atoms with Gasteiger partial charge in [0, 0.05) is 18.3 Å². The third kappa shape index (κ3) is 4.08. The number of aliphatic hydroxyl groups excluding tert-OH is 1. The maximum absolute atomic E-state index is 13.2. The average Bonchev–Trinajstić information content (AvgIpc) is 2.48. The molecule has 1 aromatic heterocycles. The van der Waals surface area contributed by atoms with Crippen molar-refractivity contribution >= 4 is 0 Å². The second kappa shape index (κ2) is 7.27. The number of ether oxygens (including phenoxy) is 1. The van der Waals surface area contributed by atoms with Gasteiger partial charge in [-0.15, -0.1) is 0 Å². The fourth-order valence-electron chi connectivity index (χ4n) is 1.67. The zero-order valence-corrected chi connectivity index (χ0v) is 10.8. The molecule has 0 saturated heterocycles. The molecule has 102 valence electrons. The van der Waals surface area contributed by atoms with Gasteiger partial charge in [-0.1, -0.05) is 17.9 Å². The molecule has 1 heterocycles. The van der Waals surface area contributed by atoms with Gasteiger partial charge in [-0.2, -0.15) is 0 Å². The molecule has 0 spiro atoms. The summed E-state index contributed by atoms with van der Waals surface area (Å²) in [7, 11) is 0. The normalized spacial score (nSPS) is 9.70. The molecule has 0 aliphatic heterocycles. The van der Waals surface area contributed by atoms with E-state index in [4.69, 9.17) is 9.84 Å². The number of nitrogens with zero attached hydrogens (tertiary/aromatic N) is 1. The Morgan fingerprint density at radius 2 is 2.15 bits per heavy atom. The van der Waals surface area contributed by atoms with Crippen LogP contribution in [0.1, 0.15) is 11.3 Å². The van der Waals surface area contributed by atoms with E-state index in [1.54, 1.807) is 6.20 Å². The molecule has 2 aromatic rings. The van der Waals surface area contributed by atoms with Crippen LogP contribution in [0.15, 0.2) is 42.6 Å². The number of aliphatic hydroxyl groups is 1. The van der Waals surface area contributed by atoms with Gasteiger partial charge in [0.05, 0.1) is 12.2 Å². The predicted octanol–water partition coefficient (Wildman–Crippen LogP) is 2.19. The molecule has 0 aliphatic rings. The maximum atomic E-state index is 13.2. The van der Waals surface area contributed by atoms with Crippen molar-refractivity contribution in [2.45, 2.75) is 6.42 Å². The molecule has 0 unspecified atom stereocenters. The van der Waals surface area contributed by atoms with E-state index < -0.39 is 0 Å². The lowest BCUT2D eigenvalue weighted by Gasteiger charge is -2.08. The first-order chi connectivity index (χ1) is 9.79. The van der Waals surface area contributed by atoms with Crippen molar-refractivity contribution in [2.24, 2.45) is 0 Å². The van der Waals surface area contributed by atoms with Crippen LogP contribution in [0.5, 0.6) is 5.75 Å². The molecule has 20 heavy (non-hydrogen) atoms. The van der Waals surface area contributed by atoms with Crippen molar-refractivity contribution in [3.05, 3.63) is 59.7 Å². The standard InChI is InChI=1S/C16H14FNO2/c17-14-6-7-16(13(12-14)4-3-10-19)20-11-8-15-5-1-2-9-18-15/h1-2,5-7,9,12,19H,8,10-11H2. The molecule has 0 aliphatic carbocycles. The number of aromatic nitrogens is 1. The molecule has 3 nitrogen and oxygen atoms in total. The zero-order valence-electron chi connectivity index (χ0n) is 10.8. The molecule has 0 atom stereocenters. The van der Waals surface area contributed by atoms with Crippen LogP contribution in [-0.2, 0) is 6.42 Å². The second-order valence-electron chi connectivity index (χ2n) is 4.02. The summed E-state index contributed by atoms with van der Waals surface area (Å²) in [4.78, 5) is 4.20. The van der Waals surface area contributed by atoms with Crippen LogP contribution >= 0.6 is 0 Å². The summed E-state index contributed by atoms with van der Waals surface area (Å²) in [6, 6.07) is 9.83. The number of benzene rings is 1. The highest BCUT2D eigenvalue weighted by atomic mass is 19.1. The number of rotatable bonds is 4. The molecule has 0 bridgehead atoms. The van der Waals surface area contributed by atoms with E-state index in [2.05, 4.69) is 16.8 Å². The third-order valence-electron chi connectivity index (χ3n) is 2.59. The van der Waals surface area contributed by atoms with Gasteiger partial charge in [0.15, 0.2) is 0 Å². The van der Waals surface area contributed by atoms with E-state index in [1.807, 2.05) is 18.2 Å². The molecule has 1 N–H and O–H groups in total. The van der Waals surface area contributed by atoms with Gasteiger partial charge >= 0.3 is 0 Å². The molecular formula is C16H14FNO2. The van der Waals surface area contributed by atoms with E-state index in [0.717, 1.165) is 5.69 Å². The van der Waals surface area contributed by atoms with E-state index in [0.29, 0.717) is 24.3 Å². The van der Waals surface area contributed by atoms with Gasteiger partial charge in [0.2, 0.25) is 0 Å². The second-order valence-corrected chi connectivity index (χ2v) is 4.02. The molecule has 0 amide bonds. The first kappa shape index (κ1) is 14.0. The highest BCUT2D eigenvalue weighted by molar-refractivity contribution is 5.46. The van der Waals surface area contributed by atoms with Gasteiger partial charge in [-0.3, -0.25) is 4.98 Å². The zero-order chi connectivity index (χ0) is 14.2. The van der Waals surface area contributed by atoms with Gasteiger partial charge in [0.25, 0.3) is 0 Å². The molecule has 2 rings (SSSR count). The van der Waals surface area contributed by atoms with Gasteiger partial charge in [-0.25, -0.2) is 4.39 Å². The Labute approximate surface area is 117 Å². The summed E-state index contributed by atoms with van der Waals surface area (Å²) in [6.07, 6.45) is 2.39. The minimum Gasteiger partial charge on any atom is -0.492 e. The van der Waals surface area contributed by atoms with Crippen molar-refractivity contribution in [1.82, 2.24) is 4.98 Å². The van der Waals surface area contributed by atoms with Crippen LogP contribution < -0.4 is 4.74 Å². The Morgan fingerprint density at radius 1 is 1.25 bits per heavy atom. The predicted molar refractivity (Wildman–Crippen MR) is 73.8 cm³/mol. The Balaban J connectivity index is 2.02. The largest absolute Gasteiger partial charge is 0.492 e. The van der Waals surface area contributed by atoms with Crippen molar-refractivity contribution in [2.75, 3.05) is 13.2 Å². The number of pyridine rings is 1. The fraction of sp³-hybridized carbons (Fsp3) is 0.188.